The van der Waals surface area contributed by atoms with E-state index in [0.717, 1.165) is 17.1 Å². The zero-order valence-corrected chi connectivity index (χ0v) is 17.1. The normalized spacial score (nSPS) is 10.5. The number of aryl methyl sites for hydroxylation is 1. The highest BCUT2D eigenvalue weighted by molar-refractivity contribution is 5.90. The maximum atomic E-state index is 12.2. The van der Waals surface area contributed by atoms with E-state index in [0.29, 0.717) is 30.2 Å². The topological polar surface area (TPSA) is 78.3 Å². The fraction of sp³-hybridized carbons (Fsp3) is 0.125. The van der Waals surface area contributed by atoms with Crippen LogP contribution in [-0.2, 0) is 11.2 Å². The van der Waals surface area contributed by atoms with Crippen molar-refractivity contribution in [3.63, 3.8) is 0 Å². The fourth-order valence-corrected chi connectivity index (χ4v) is 3.01. The number of hydrogen-bond acceptors (Lipinski definition) is 5. The number of amides is 1. The summed E-state index contributed by atoms with van der Waals surface area (Å²) in [6.07, 6.45) is 6.32. The van der Waals surface area contributed by atoms with Crippen LogP contribution in [-0.4, -0.2) is 27.6 Å². The SMILES string of the molecule is COc1ccc(CCC(=O)Nc2ccc(Oc3cc(-n4cccc4)ncn3)cc2)cc1. The minimum atomic E-state index is -0.0448. The van der Waals surface area contributed by atoms with Crippen LogP contribution in [0.3, 0.4) is 0 Å². The first-order valence-corrected chi connectivity index (χ1v) is 9.86. The number of nitrogens with zero attached hydrogens (tertiary/aromatic N) is 3. The molecule has 4 rings (SSSR count). The molecule has 0 spiro atoms. The van der Waals surface area contributed by atoms with Crippen LogP contribution in [0.5, 0.6) is 17.4 Å². The Morgan fingerprint density at radius 3 is 2.39 bits per heavy atom. The smallest absolute Gasteiger partial charge is 0.224 e. The van der Waals surface area contributed by atoms with Gasteiger partial charge in [-0.15, -0.1) is 0 Å². The number of anilines is 1. The molecule has 4 aromatic rings. The van der Waals surface area contributed by atoms with Gasteiger partial charge in [-0.1, -0.05) is 12.1 Å². The summed E-state index contributed by atoms with van der Waals surface area (Å²) in [7, 11) is 1.63. The van der Waals surface area contributed by atoms with Gasteiger partial charge < -0.3 is 19.4 Å². The molecule has 0 aliphatic carbocycles. The Kier molecular flexibility index (Phi) is 6.23. The number of benzene rings is 2. The van der Waals surface area contributed by atoms with E-state index in [2.05, 4.69) is 15.3 Å². The number of aromatic nitrogens is 3. The molecular weight excluding hydrogens is 392 g/mol. The summed E-state index contributed by atoms with van der Waals surface area (Å²) in [6, 6.07) is 20.5. The molecule has 1 N–H and O–H groups in total. The van der Waals surface area contributed by atoms with Gasteiger partial charge in [0.15, 0.2) is 0 Å². The van der Waals surface area contributed by atoms with Crippen molar-refractivity contribution in [1.82, 2.24) is 14.5 Å². The third-order valence-corrected chi connectivity index (χ3v) is 4.66. The minimum absolute atomic E-state index is 0.0448. The predicted molar refractivity (Wildman–Crippen MR) is 118 cm³/mol. The molecule has 7 heteroatoms. The number of ether oxygens (including phenoxy) is 2. The number of methoxy groups -OCH3 is 1. The van der Waals surface area contributed by atoms with Gasteiger partial charge in [-0.2, -0.15) is 0 Å². The first-order valence-electron chi connectivity index (χ1n) is 9.86. The minimum Gasteiger partial charge on any atom is -0.497 e. The molecule has 0 saturated heterocycles. The van der Waals surface area contributed by atoms with Gasteiger partial charge in [-0.25, -0.2) is 9.97 Å². The molecule has 0 bridgehead atoms. The highest BCUT2D eigenvalue weighted by atomic mass is 16.5. The average molecular weight is 414 g/mol. The molecule has 0 unspecified atom stereocenters. The Balaban J connectivity index is 1.30. The van der Waals surface area contributed by atoms with Crippen molar-refractivity contribution in [3.05, 3.63) is 91.0 Å². The van der Waals surface area contributed by atoms with Gasteiger partial charge in [0.1, 0.15) is 23.6 Å². The van der Waals surface area contributed by atoms with Gasteiger partial charge in [0.05, 0.1) is 7.11 Å². The number of carbonyl (C=O) groups excluding carboxylic acids is 1. The van der Waals surface area contributed by atoms with E-state index < -0.39 is 0 Å². The van der Waals surface area contributed by atoms with Crippen molar-refractivity contribution in [2.45, 2.75) is 12.8 Å². The molecular formula is C24H22N4O3. The average Bonchev–Trinajstić information content (AvgIpc) is 3.35. The Morgan fingerprint density at radius 2 is 1.68 bits per heavy atom. The van der Waals surface area contributed by atoms with Crippen LogP contribution in [0.4, 0.5) is 5.69 Å². The molecule has 1 amide bonds. The third-order valence-electron chi connectivity index (χ3n) is 4.66. The van der Waals surface area contributed by atoms with E-state index in [1.54, 1.807) is 37.4 Å². The zero-order valence-electron chi connectivity index (χ0n) is 17.1. The Hall–Kier alpha value is -4.13. The van der Waals surface area contributed by atoms with Gasteiger partial charge in [0.25, 0.3) is 0 Å². The Labute approximate surface area is 180 Å². The van der Waals surface area contributed by atoms with Crippen molar-refractivity contribution in [2.24, 2.45) is 0 Å². The van der Waals surface area contributed by atoms with E-state index in [4.69, 9.17) is 9.47 Å². The van der Waals surface area contributed by atoms with Crippen LogP contribution in [0.25, 0.3) is 5.82 Å². The number of carbonyl (C=O) groups is 1. The maximum absolute atomic E-state index is 12.2. The maximum Gasteiger partial charge on any atom is 0.224 e. The second-order valence-electron chi connectivity index (χ2n) is 6.83. The van der Waals surface area contributed by atoms with Crippen molar-refractivity contribution in [2.75, 3.05) is 12.4 Å². The first kappa shape index (κ1) is 20.2. The van der Waals surface area contributed by atoms with E-state index in [-0.39, 0.29) is 5.91 Å². The molecule has 2 heterocycles. The standard InChI is InChI=1S/C24H22N4O3/c1-30-20-9-4-18(5-10-20)6-13-23(29)27-19-7-11-21(12-8-19)31-24-16-22(25-17-26-24)28-14-2-3-15-28/h2-5,7-12,14-17H,6,13H2,1H3,(H,27,29). The van der Waals surface area contributed by atoms with Crippen molar-refractivity contribution in [1.29, 1.82) is 0 Å². The van der Waals surface area contributed by atoms with Crippen LogP contribution in [0.2, 0.25) is 0 Å². The molecule has 0 fully saturated rings. The van der Waals surface area contributed by atoms with E-state index in [1.807, 2.05) is 53.4 Å². The van der Waals surface area contributed by atoms with Gasteiger partial charge >= 0.3 is 0 Å². The molecule has 0 aliphatic heterocycles. The molecule has 2 aromatic heterocycles. The molecule has 0 aliphatic rings. The number of rotatable bonds is 8. The summed E-state index contributed by atoms with van der Waals surface area (Å²) >= 11 is 0. The highest BCUT2D eigenvalue weighted by Crippen LogP contribution is 2.22. The Morgan fingerprint density at radius 1 is 0.968 bits per heavy atom. The summed E-state index contributed by atoms with van der Waals surface area (Å²) in [4.78, 5) is 20.6. The largest absolute Gasteiger partial charge is 0.497 e. The summed E-state index contributed by atoms with van der Waals surface area (Å²) in [5.74, 6) is 2.54. The van der Waals surface area contributed by atoms with Gasteiger partial charge in [0.2, 0.25) is 11.8 Å². The van der Waals surface area contributed by atoms with E-state index in [9.17, 15) is 4.79 Å². The first-order chi connectivity index (χ1) is 15.2. The van der Waals surface area contributed by atoms with Gasteiger partial charge in [0, 0.05) is 30.6 Å². The second kappa shape index (κ2) is 9.58. The molecule has 7 nitrogen and oxygen atoms in total. The highest BCUT2D eigenvalue weighted by Gasteiger charge is 2.06. The second-order valence-corrected chi connectivity index (χ2v) is 6.83. The van der Waals surface area contributed by atoms with Gasteiger partial charge in [-0.05, 0) is 60.5 Å². The lowest BCUT2D eigenvalue weighted by Crippen LogP contribution is -2.12. The van der Waals surface area contributed by atoms with Gasteiger partial charge in [-0.3, -0.25) is 4.79 Å². The molecule has 156 valence electrons. The Bertz CT molecular complexity index is 1120. The van der Waals surface area contributed by atoms with E-state index in [1.165, 1.54) is 6.33 Å². The monoisotopic (exact) mass is 414 g/mol. The molecule has 2 aromatic carbocycles. The lowest BCUT2D eigenvalue weighted by Gasteiger charge is -2.09. The summed E-state index contributed by atoms with van der Waals surface area (Å²) < 4.78 is 12.8. The molecule has 0 saturated carbocycles. The summed E-state index contributed by atoms with van der Waals surface area (Å²) in [6.45, 7) is 0. The fourth-order valence-electron chi connectivity index (χ4n) is 3.01. The summed E-state index contributed by atoms with van der Waals surface area (Å²) in [5, 5.41) is 2.91. The lowest BCUT2D eigenvalue weighted by atomic mass is 10.1. The predicted octanol–water partition coefficient (Wildman–Crippen LogP) is 4.64. The van der Waals surface area contributed by atoms with E-state index >= 15 is 0 Å². The molecule has 0 radical (unpaired) electrons. The zero-order chi connectivity index (χ0) is 21.5. The third kappa shape index (κ3) is 5.48. The van der Waals surface area contributed by atoms with Crippen LogP contribution < -0.4 is 14.8 Å². The molecule has 31 heavy (non-hydrogen) atoms. The lowest BCUT2D eigenvalue weighted by molar-refractivity contribution is -0.116. The van der Waals surface area contributed by atoms with Crippen molar-refractivity contribution in [3.8, 4) is 23.2 Å². The van der Waals surface area contributed by atoms with Crippen LogP contribution in [0.1, 0.15) is 12.0 Å². The van der Waals surface area contributed by atoms with Crippen LogP contribution >= 0.6 is 0 Å². The van der Waals surface area contributed by atoms with Crippen LogP contribution in [0.15, 0.2) is 85.5 Å². The van der Waals surface area contributed by atoms with Crippen molar-refractivity contribution < 1.29 is 14.3 Å². The number of hydrogen-bond donors (Lipinski definition) is 1. The summed E-state index contributed by atoms with van der Waals surface area (Å²) in [5.41, 5.74) is 1.80. The molecule has 0 atom stereocenters. The van der Waals surface area contributed by atoms with Crippen molar-refractivity contribution >= 4 is 11.6 Å². The quantitative estimate of drug-likeness (QED) is 0.454. The number of nitrogens with one attached hydrogen (secondary N) is 1. The van der Waals surface area contributed by atoms with Crippen LogP contribution in [0, 0.1) is 0 Å².